The molecular formula is C11H10ClN3O2S. The number of hydrogen-bond donors (Lipinski definition) is 1. The number of non-ortho nitro benzene ring substituents is 1. The summed E-state index contributed by atoms with van der Waals surface area (Å²) >= 11 is 7.52. The van der Waals surface area contributed by atoms with Crippen LogP contribution in [0.15, 0.2) is 23.7 Å². The molecule has 1 aromatic heterocycles. The highest BCUT2D eigenvalue weighted by atomic mass is 35.5. The second-order valence-electron chi connectivity index (χ2n) is 3.64. The predicted molar refractivity (Wildman–Crippen MR) is 72.3 cm³/mol. The van der Waals surface area contributed by atoms with E-state index in [1.807, 2.05) is 6.92 Å². The van der Waals surface area contributed by atoms with Crippen molar-refractivity contribution in [2.45, 2.75) is 13.5 Å². The van der Waals surface area contributed by atoms with Gasteiger partial charge < -0.3 is 5.32 Å². The number of benzene rings is 1. The summed E-state index contributed by atoms with van der Waals surface area (Å²) in [4.78, 5) is 15.4. The summed E-state index contributed by atoms with van der Waals surface area (Å²) in [6.45, 7) is 2.47. The maximum atomic E-state index is 10.7. The molecular weight excluding hydrogens is 274 g/mol. The van der Waals surface area contributed by atoms with Gasteiger partial charge in [0.1, 0.15) is 0 Å². The van der Waals surface area contributed by atoms with E-state index in [-0.39, 0.29) is 5.69 Å². The number of halogens is 1. The molecule has 0 unspecified atom stereocenters. The van der Waals surface area contributed by atoms with Crippen LogP contribution in [0.2, 0.25) is 5.02 Å². The monoisotopic (exact) mass is 283 g/mol. The fourth-order valence-corrected chi connectivity index (χ4v) is 2.33. The number of nitrogens with one attached hydrogen (secondary N) is 1. The van der Waals surface area contributed by atoms with Crippen molar-refractivity contribution >= 4 is 34.3 Å². The first-order valence-electron chi connectivity index (χ1n) is 5.14. The fourth-order valence-electron chi connectivity index (χ4n) is 1.43. The zero-order chi connectivity index (χ0) is 13.1. The van der Waals surface area contributed by atoms with Crippen LogP contribution in [-0.2, 0) is 6.54 Å². The number of anilines is 1. The largest absolute Gasteiger partial charge is 0.379 e. The molecule has 7 heteroatoms. The van der Waals surface area contributed by atoms with Gasteiger partial charge in [-0.15, -0.1) is 11.3 Å². The molecule has 0 bridgehead atoms. The van der Waals surface area contributed by atoms with Crippen molar-refractivity contribution in [3.05, 3.63) is 49.4 Å². The lowest BCUT2D eigenvalue weighted by molar-refractivity contribution is -0.384. The highest BCUT2D eigenvalue weighted by Gasteiger charge is 2.10. The van der Waals surface area contributed by atoms with Crippen LogP contribution >= 0.6 is 22.9 Å². The number of aryl methyl sites for hydroxylation is 1. The first-order chi connectivity index (χ1) is 8.58. The van der Waals surface area contributed by atoms with E-state index in [1.165, 1.54) is 29.5 Å². The third-order valence-electron chi connectivity index (χ3n) is 2.45. The number of nitrogens with zero attached hydrogens (tertiary/aromatic N) is 2. The summed E-state index contributed by atoms with van der Waals surface area (Å²) in [5.74, 6) is 0. The highest BCUT2D eigenvalue weighted by Crippen LogP contribution is 2.27. The Balaban J connectivity index is 2.16. The van der Waals surface area contributed by atoms with Crippen molar-refractivity contribution < 1.29 is 4.92 Å². The van der Waals surface area contributed by atoms with Crippen molar-refractivity contribution in [1.29, 1.82) is 0 Å². The van der Waals surface area contributed by atoms with E-state index in [2.05, 4.69) is 10.3 Å². The third kappa shape index (κ3) is 2.77. The van der Waals surface area contributed by atoms with Crippen LogP contribution in [-0.4, -0.2) is 9.91 Å². The Morgan fingerprint density at radius 1 is 1.56 bits per heavy atom. The molecule has 0 amide bonds. The lowest BCUT2D eigenvalue weighted by Gasteiger charge is -2.07. The minimum Gasteiger partial charge on any atom is -0.379 e. The Kier molecular flexibility index (Phi) is 3.78. The van der Waals surface area contributed by atoms with Crippen molar-refractivity contribution in [1.82, 2.24) is 4.98 Å². The molecule has 0 radical (unpaired) electrons. The molecule has 1 N–H and O–H groups in total. The molecule has 0 saturated carbocycles. The van der Waals surface area contributed by atoms with Crippen molar-refractivity contribution in [2.75, 3.05) is 5.32 Å². The van der Waals surface area contributed by atoms with Crippen molar-refractivity contribution in [2.24, 2.45) is 0 Å². The molecule has 0 fully saturated rings. The summed E-state index contributed by atoms with van der Waals surface area (Å²) in [7, 11) is 0. The number of thiazole rings is 1. The van der Waals surface area contributed by atoms with Gasteiger partial charge in [-0.3, -0.25) is 10.1 Å². The van der Waals surface area contributed by atoms with Crippen LogP contribution in [0.1, 0.15) is 10.6 Å². The lowest BCUT2D eigenvalue weighted by atomic mass is 10.2. The van der Waals surface area contributed by atoms with Crippen LogP contribution in [0.5, 0.6) is 0 Å². The average Bonchev–Trinajstić information content (AvgIpc) is 2.73. The Morgan fingerprint density at radius 3 is 2.94 bits per heavy atom. The molecule has 0 aliphatic rings. The summed E-state index contributed by atoms with van der Waals surface area (Å²) < 4.78 is 0. The molecule has 0 aliphatic carbocycles. The molecule has 5 nitrogen and oxygen atoms in total. The number of nitro groups is 1. The van der Waals surface area contributed by atoms with Gasteiger partial charge >= 0.3 is 0 Å². The standard InChI is InChI=1S/C11H10ClN3O2S/c1-7-11(18-6-14-7)5-13-10-4-8(15(16)17)2-3-9(10)12/h2-4,6,13H,5H2,1H3. The molecule has 2 aromatic rings. The van der Waals surface area contributed by atoms with Crippen LogP contribution in [0.3, 0.4) is 0 Å². The van der Waals surface area contributed by atoms with Gasteiger partial charge in [-0.05, 0) is 13.0 Å². The molecule has 2 rings (SSSR count). The second kappa shape index (κ2) is 5.32. The number of rotatable bonds is 4. The third-order valence-corrected chi connectivity index (χ3v) is 3.71. The van der Waals surface area contributed by atoms with E-state index in [1.54, 1.807) is 5.51 Å². The molecule has 0 atom stereocenters. The lowest BCUT2D eigenvalue weighted by Crippen LogP contribution is -2.00. The highest BCUT2D eigenvalue weighted by molar-refractivity contribution is 7.09. The van der Waals surface area contributed by atoms with E-state index >= 15 is 0 Å². The summed E-state index contributed by atoms with van der Waals surface area (Å²) in [6, 6.07) is 4.33. The minimum absolute atomic E-state index is 0.0166. The Morgan fingerprint density at radius 2 is 2.33 bits per heavy atom. The molecule has 0 spiro atoms. The quantitative estimate of drug-likeness (QED) is 0.687. The van der Waals surface area contributed by atoms with Gasteiger partial charge in [0.05, 0.1) is 33.4 Å². The first-order valence-corrected chi connectivity index (χ1v) is 6.40. The van der Waals surface area contributed by atoms with E-state index < -0.39 is 4.92 Å². The number of nitro benzene ring substituents is 1. The molecule has 0 saturated heterocycles. The number of hydrogen-bond acceptors (Lipinski definition) is 5. The fraction of sp³-hybridized carbons (Fsp3) is 0.182. The van der Waals surface area contributed by atoms with E-state index in [4.69, 9.17) is 11.6 Å². The molecule has 1 aromatic carbocycles. The molecule has 18 heavy (non-hydrogen) atoms. The van der Waals surface area contributed by atoms with Crippen LogP contribution < -0.4 is 5.32 Å². The maximum absolute atomic E-state index is 10.7. The molecule has 0 aliphatic heterocycles. The van der Waals surface area contributed by atoms with Gasteiger partial charge in [0.15, 0.2) is 0 Å². The topological polar surface area (TPSA) is 68.1 Å². The SMILES string of the molecule is Cc1ncsc1CNc1cc([N+](=O)[O-])ccc1Cl. The summed E-state index contributed by atoms with van der Waals surface area (Å²) in [6.07, 6.45) is 0. The molecule has 1 heterocycles. The maximum Gasteiger partial charge on any atom is 0.271 e. The zero-order valence-electron chi connectivity index (χ0n) is 9.51. The van der Waals surface area contributed by atoms with Gasteiger partial charge in [0.25, 0.3) is 5.69 Å². The van der Waals surface area contributed by atoms with Gasteiger partial charge in [0, 0.05) is 17.0 Å². The summed E-state index contributed by atoms with van der Waals surface area (Å²) in [5.41, 5.74) is 3.29. The molecule has 94 valence electrons. The minimum atomic E-state index is -0.445. The summed E-state index contributed by atoms with van der Waals surface area (Å²) in [5, 5.41) is 14.2. The van der Waals surface area contributed by atoms with Gasteiger partial charge in [-0.2, -0.15) is 0 Å². The van der Waals surface area contributed by atoms with Crippen LogP contribution in [0.4, 0.5) is 11.4 Å². The van der Waals surface area contributed by atoms with E-state index in [9.17, 15) is 10.1 Å². The normalized spacial score (nSPS) is 10.3. The smallest absolute Gasteiger partial charge is 0.271 e. The zero-order valence-corrected chi connectivity index (χ0v) is 11.1. The van der Waals surface area contributed by atoms with Crippen molar-refractivity contribution in [3.63, 3.8) is 0 Å². The first kappa shape index (κ1) is 12.8. The average molecular weight is 284 g/mol. The Hall–Kier alpha value is -1.66. The van der Waals surface area contributed by atoms with Gasteiger partial charge in [-0.1, -0.05) is 11.6 Å². The van der Waals surface area contributed by atoms with Crippen LogP contribution in [0, 0.1) is 17.0 Å². The number of aromatic nitrogens is 1. The second-order valence-corrected chi connectivity index (χ2v) is 4.98. The Labute approximate surface area is 113 Å². The predicted octanol–water partition coefficient (Wildman–Crippen LogP) is 3.63. The van der Waals surface area contributed by atoms with Crippen molar-refractivity contribution in [3.8, 4) is 0 Å². The van der Waals surface area contributed by atoms with Crippen LogP contribution in [0.25, 0.3) is 0 Å². The van der Waals surface area contributed by atoms with E-state index in [0.717, 1.165) is 10.6 Å². The Bertz CT molecular complexity index is 585. The van der Waals surface area contributed by atoms with Gasteiger partial charge in [-0.25, -0.2) is 4.98 Å². The van der Waals surface area contributed by atoms with Gasteiger partial charge in [0.2, 0.25) is 0 Å². The van der Waals surface area contributed by atoms with E-state index in [0.29, 0.717) is 17.3 Å².